The van der Waals surface area contributed by atoms with Crippen molar-refractivity contribution in [3.8, 4) is 17.7 Å². The molecule has 0 unspecified atom stereocenters. The van der Waals surface area contributed by atoms with Crippen molar-refractivity contribution in [1.82, 2.24) is 24.4 Å². The topological polar surface area (TPSA) is 125 Å². The number of halogens is 1. The highest BCUT2D eigenvalue weighted by molar-refractivity contribution is 5.93. The zero-order valence-electron chi connectivity index (χ0n) is 24.6. The van der Waals surface area contributed by atoms with Gasteiger partial charge in [-0.3, -0.25) is 4.90 Å². The van der Waals surface area contributed by atoms with E-state index in [1.54, 1.807) is 18.3 Å². The molecule has 11 nitrogen and oxygen atoms in total. The normalized spacial score (nSPS) is 20.1. The maximum Gasteiger partial charge on any atom is 0.337 e. The second kappa shape index (κ2) is 13.0. The van der Waals surface area contributed by atoms with E-state index < -0.39 is 5.82 Å². The highest BCUT2D eigenvalue weighted by atomic mass is 19.1. The first kappa shape index (κ1) is 29.5. The first-order valence-corrected chi connectivity index (χ1v) is 14.6. The number of rotatable bonds is 10. The monoisotopic (exact) mass is 600 g/mol. The summed E-state index contributed by atoms with van der Waals surface area (Å²) < 4.78 is 38.2. The molecule has 0 saturated carbocycles. The molecule has 2 saturated heterocycles. The van der Waals surface area contributed by atoms with Crippen LogP contribution in [-0.2, 0) is 29.2 Å². The van der Waals surface area contributed by atoms with Gasteiger partial charge in [0.15, 0.2) is 5.82 Å². The Kier molecular flexibility index (Phi) is 8.67. The van der Waals surface area contributed by atoms with Crippen molar-refractivity contribution in [3.05, 3.63) is 77.3 Å². The number of hydrogen-bond acceptors (Lipinski definition) is 10. The molecule has 0 N–H and O–H groups in total. The van der Waals surface area contributed by atoms with Gasteiger partial charge in [0.1, 0.15) is 36.2 Å². The Morgan fingerprint density at radius 2 is 2.05 bits per heavy atom. The van der Waals surface area contributed by atoms with Crippen molar-refractivity contribution in [2.45, 2.75) is 64.1 Å². The van der Waals surface area contributed by atoms with E-state index in [9.17, 15) is 14.4 Å². The Hall–Kier alpha value is -4.60. The molecule has 0 bridgehead atoms. The summed E-state index contributed by atoms with van der Waals surface area (Å²) in [5.74, 6) is 1.17. The summed E-state index contributed by atoms with van der Waals surface area (Å²) in [6.45, 7) is 5.11. The van der Waals surface area contributed by atoms with Crippen molar-refractivity contribution in [2.24, 2.45) is 0 Å². The average molecular weight is 601 g/mol. The Labute approximate surface area is 254 Å². The van der Waals surface area contributed by atoms with Gasteiger partial charge < -0.3 is 23.5 Å². The molecule has 0 spiro atoms. The fourth-order valence-electron chi connectivity index (χ4n) is 5.62. The number of piperidine rings is 1. The minimum atomic E-state index is -0.503. The molecular formula is C32H33FN6O5. The maximum absolute atomic E-state index is 13.4. The minimum absolute atomic E-state index is 0.0143. The van der Waals surface area contributed by atoms with Gasteiger partial charge in [0.25, 0.3) is 0 Å². The number of ether oxygens (including phenoxy) is 4. The van der Waals surface area contributed by atoms with Gasteiger partial charge in [0.05, 0.1) is 48.5 Å². The Bertz CT molecular complexity index is 1700. The van der Waals surface area contributed by atoms with Crippen molar-refractivity contribution in [3.63, 3.8) is 0 Å². The van der Waals surface area contributed by atoms with E-state index in [2.05, 4.69) is 26.4 Å². The molecule has 6 rings (SSSR count). The van der Waals surface area contributed by atoms with Gasteiger partial charge >= 0.3 is 5.97 Å². The molecule has 4 heterocycles. The molecule has 2 aliphatic heterocycles. The molecular weight excluding hydrogens is 567 g/mol. The first-order chi connectivity index (χ1) is 21.4. The molecule has 4 aromatic rings. The summed E-state index contributed by atoms with van der Waals surface area (Å²) in [4.78, 5) is 28.3. The molecule has 44 heavy (non-hydrogen) atoms. The molecule has 2 fully saturated rings. The molecule has 0 amide bonds. The zero-order valence-corrected chi connectivity index (χ0v) is 24.6. The van der Waals surface area contributed by atoms with Gasteiger partial charge in [0.2, 0.25) is 5.88 Å². The fourth-order valence-corrected chi connectivity index (χ4v) is 5.62. The fraction of sp³-hybridized carbons (Fsp3) is 0.406. The van der Waals surface area contributed by atoms with E-state index in [1.807, 2.05) is 18.2 Å². The van der Waals surface area contributed by atoms with Crippen molar-refractivity contribution >= 4 is 17.0 Å². The maximum atomic E-state index is 13.4. The number of esters is 1. The highest BCUT2D eigenvalue weighted by Crippen LogP contribution is 2.27. The first-order valence-electron chi connectivity index (χ1n) is 14.6. The highest BCUT2D eigenvalue weighted by Gasteiger charge is 2.29. The second-order valence-corrected chi connectivity index (χ2v) is 11.1. The largest absolute Gasteiger partial charge is 0.484 e. The second-order valence-electron chi connectivity index (χ2n) is 11.1. The van der Waals surface area contributed by atoms with Crippen LogP contribution in [0.2, 0.25) is 0 Å². The lowest BCUT2D eigenvalue weighted by atomic mass is 10.0. The summed E-state index contributed by atoms with van der Waals surface area (Å²) in [6.07, 6.45) is 4.32. The summed E-state index contributed by atoms with van der Waals surface area (Å²) >= 11 is 0. The van der Waals surface area contributed by atoms with E-state index in [0.717, 1.165) is 55.3 Å². The summed E-state index contributed by atoms with van der Waals surface area (Å²) in [5, 5.41) is 9.24. The predicted octanol–water partition coefficient (Wildman–Crippen LogP) is 4.42. The Morgan fingerprint density at radius 1 is 1.18 bits per heavy atom. The SMILES string of the molecule is COC(=O)c1ccc2nc(CN3CC[C@H](Oc4ccnc(COc5ccc(F)cc5C#N)n4)C[C@@H]3C)n(C[C@@H]3CCO3)c2c1. The standard InChI is InChI=1S/C32H33FN6O5/c1-20-13-24(44-31-7-10-35-29(37-31)19-43-28-6-4-23(33)14-22(28)16-34)8-11-38(20)18-30-36-26-5-3-21(32(40)41-2)15-27(26)39(30)17-25-9-12-42-25/h3-7,10,14-15,20,24-25H,8-9,11-13,17-19H2,1-2H3/t20-,24-,25-/m0/s1. The van der Waals surface area contributed by atoms with Crippen LogP contribution < -0.4 is 9.47 Å². The number of hydrogen-bond donors (Lipinski definition) is 0. The molecule has 0 aliphatic carbocycles. The lowest BCUT2D eigenvalue weighted by Crippen LogP contribution is -2.44. The number of nitriles is 1. The van der Waals surface area contributed by atoms with Crippen LogP contribution in [0.3, 0.4) is 0 Å². The van der Waals surface area contributed by atoms with Crippen molar-refractivity contribution < 1.29 is 28.1 Å². The van der Waals surface area contributed by atoms with Gasteiger partial charge in [-0.2, -0.15) is 10.2 Å². The third kappa shape index (κ3) is 6.49. The van der Waals surface area contributed by atoms with Crippen LogP contribution in [0.15, 0.2) is 48.7 Å². The van der Waals surface area contributed by atoms with E-state index in [4.69, 9.17) is 23.9 Å². The van der Waals surface area contributed by atoms with Crippen LogP contribution >= 0.6 is 0 Å². The average Bonchev–Trinajstić information content (AvgIpc) is 3.35. The number of imidazole rings is 1. The molecule has 2 aromatic heterocycles. The Balaban J connectivity index is 1.10. The van der Waals surface area contributed by atoms with E-state index in [1.165, 1.54) is 19.2 Å². The number of aromatic nitrogens is 4. The van der Waals surface area contributed by atoms with Gasteiger partial charge in [-0.05, 0) is 62.6 Å². The number of nitrogens with zero attached hydrogens (tertiary/aromatic N) is 6. The number of methoxy groups -OCH3 is 1. The number of fused-ring (bicyclic) bond motifs is 1. The zero-order chi connectivity index (χ0) is 30.6. The lowest BCUT2D eigenvalue weighted by Gasteiger charge is -2.37. The summed E-state index contributed by atoms with van der Waals surface area (Å²) in [6, 6.07) is 13.1. The minimum Gasteiger partial charge on any atom is -0.484 e. The van der Waals surface area contributed by atoms with Gasteiger partial charge in [-0.25, -0.2) is 19.2 Å². The van der Waals surface area contributed by atoms with Gasteiger partial charge in [-0.1, -0.05) is 0 Å². The molecule has 2 aromatic carbocycles. The van der Waals surface area contributed by atoms with Crippen LogP contribution in [0, 0.1) is 17.1 Å². The number of carbonyl (C=O) groups is 1. The molecule has 0 radical (unpaired) electrons. The number of carbonyl (C=O) groups excluding carboxylic acids is 1. The van der Waals surface area contributed by atoms with Crippen LogP contribution in [0.25, 0.3) is 11.0 Å². The van der Waals surface area contributed by atoms with E-state index >= 15 is 0 Å². The van der Waals surface area contributed by atoms with Crippen LogP contribution in [0.1, 0.15) is 53.8 Å². The van der Waals surface area contributed by atoms with Crippen LogP contribution in [0.4, 0.5) is 4.39 Å². The predicted molar refractivity (Wildman–Crippen MR) is 156 cm³/mol. The third-order valence-corrected chi connectivity index (χ3v) is 8.12. The van der Waals surface area contributed by atoms with Crippen molar-refractivity contribution in [2.75, 3.05) is 20.3 Å². The lowest BCUT2D eigenvalue weighted by molar-refractivity contribution is -0.0593. The third-order valence-electron chi connectivity index (χ3n) is 8.12. The number of benzene rings is 2. The van der Waals surface area contributed by atoms with Gasteiger partial charge in [0, 0.05) is 31.5 Å². The van der Waals surface area contributed by atoms with E-state index in [0.29, 0.717) is 30.4 Å². The van der Waals surface area contributed by atoms with E-state index in [-0.39, 0.29) is 42.1 Å². The smallest absolute Gasteiger partial charge is 0.337 e. The quantitative estimate of drug-likeness (QED) is 0.242. The summed E-state index contributed by atoms with van der Waals surface area (Å²) in [5.41, 5.74) is 2.34. The van der Waals surface area contributed by atoms with Crippen molar-refractivity contribution in [1.29, 1.82) is 5.26 Å². The Morgan fingerprint density at radius 3 is 2.80 bits per heavy atom. The van der Waals surface area contributed by atoms with Crippen LogP contribution in [-0.4, -0.2) is 68.9 Å². The van der Waals surface area contributed by atoms with Crippen LogP contribution in [0.5, 0.6) is 11.6 Å². The van der Waals surface area contributed by atoms with Gasteiger partial charge in [-0.15, -0.1) is 0 Å². The molecule has 228 valence electrons. The summed E-state index contributed by atoms with van der Waals surface area (Å²) in [7, 11) is 1.38. The number of likely N-dealkylation sites (tertiary alicyclic amines) is 1. The molecule has 3 atom stereocenters. The molecule has 12 heteroatoms. The molecule has 2 aliphatic rings.